The molecule has 2 fully saturated rings. The van der Waals surface area contributed by atoms with Gasteiger partial charge in [0.1, 0.15) is 0 Å². The number of rotatable bonds is 2. The van der Waals surface area contributed by atoms with E-state index in [1.54, 1.807) is 0 Å². The lowest BCUT2D eigenvalue weighted by atomic mass is 9.79. The first-order chi connectivity index (χ1) is 6.06. The number of ether oxygens (including phenoxy) is 1. The summed E-state index contributed by atoms with van der Waals surface area (Å²) in [4.78, 5) is 10.8. The maximum atomic E-state index is 10.8. The number of carboxylic acids is 1. The molecule has 0 aromatic rings. The second-order valence-electron chi connectivity index (χ2n) is 4.12. The monoisotopic (exact) mass is 182 g/mol. The van der Waals surface area contributed by atoms with Crippen LogP contribution in [-0.2, 0) is 9.53 Å². The van der Waals surface area contributed by atoms with E-state index in [2.05, 4.69) is 6.58 Å². The SMILES string of the molecule is C=C(C)[C@H]1CC[C@@]2(C(=O)O)OC2C1. The lowest BCUT2D eigenvalue weighted by Gasteiger charge is -2.22. The van der Waals surface area contributed by atoms with E-state index in [1.807, 2.05) is 6.92 Å². The molecule has 3 heteroatoms. The van der Waals surface area contributed by atoms with Crippen molar-refractivity contribution in [3.63, 3.8) is 0 Å². The van der Waals surface area contributed by atoms with Crippen molar-refractivity contribution < 1.29 is 14.6 Å². The second kappa shape index (κ2) is 2.58. The van der Waals surface area contributed by atoms with Crippen molar-refractivity contribution in [2.75, 3.05) is 0 Å². The fourth-order valence-corrected chi connectivity index (χ4v) is 2.19. The number of hydrogen-bond acceptors (Lipinski definition) is 2. The van der Waals surface area contributed by atoms with Crippen LogP contribution in [0.4, 0.5) is 0 Å². The van der Waals surface area contributed by atoms with Crippen LogP contribution in [0.3, 0.4) is 0 Å². The van der Waals surface area contributed by atoms with Gasteiger partial charge in [-0.05, 0) is 32.1 Å². The Labute approximate surface area is 77.4 Å². The molecular formula is C10H14O3. The quantitative estimate of drug-likeness (QED) is 0.521. The smallest absolute Gasteiger partial charge is 0.338 e. The minimum Gasteiger partial charge on any atom is -0.479 e. The summed E-state index contributed by atoms with van der Waals surface area (Å²) < 4.78 is 5.27. The maximum Gasteiger partial charge on any atom is 0.338 e. The van der Waals surface area contributed by atoms with Crippen LogP contribution in [0.15, 0.2) is 12.2 Å². The van der Waals surface area contributed by atoms with Crippen molar-refractivity contribution in [1.29, 1.82) is 0 Å². The highest BCUT2D eigenvalue weighted by Crippen LogP contribution is 2.50. The van der Waals surface area contributed by atoms with E-state index in [-0.39, 0.29) is 6.10 Å². The van der Waals surface area contributed by atoms with E-state index < -0.39 is 11.6 Å². The molecule has 1 heterocycles. The predicted molar refractivity (Wildman–Crippen MR) is 47.4 cm³/mol. The molecule has 2 aliphatic rings. The summed E-state index contributed by atoms with van der Waals surface area (Å²) in [5, 5.41) is 8.92. The molecule has 0 aromatic carbocycles. The van der Waals surface area contributed by atoms with Crippen LogP contribution in [0, 0.1) is 5.92 Å². The lowest BCUT2D eigenvalue weighted by molar-refractivity contribution is -0.143. The molecular weight excluding hydrogens is 168 g/mol. The molecule has 0 aromatic heterocycles. The normalized spacial score (nSPS) is 42.2. The molecule has 3 nitrogen and oxygen atoms in total. The summed E-state index contributed by atoms with van der Waals surface area (Å²) >= 11 is 0. The summed E-state index contributed by atoms with van der Waals surface area (Å²) in [5.74, 6) is -0.336. The molecule has 1 unspecified atom stereocenters. The Bertz CT molecular complexity index is 271. The first kappa shape index (κ1) is 8.75. The van der Waals surface area contributed by atoms with E-state index in [9.17, 15) is 4.79 Å². The molecule has 3 atom stereocenters. The number of aliphatic carboxylic acids is 1. The van der Waals surface area contributed by atoms with E-state index in [0.29, 0.717) is 12.3 Å². The molecule has 1 aliphatic heterocycles. The highest BCUT2D eigenvalue weighted by molar-refractivity contribution is 5.81. The van der Waals surface area contributed by atoms with Crippen LogP contribution in [-0.4, -0.2) is 22.8 Å². The minimum absolute atomic E-state index is 0.0551. The van der Waals surface area contributed by atoms with Crippen LogP contribution < -0.4 is 0 Å². The third-order valence-electron chi connectivity index (χ3n) is 3.24. The molecule has 1 saturated carbocycles. The largest absolute Gasteiger partial charge is 0.479 e. The van der Waals surface area contributed by atoms with Crippen molar-refractivity contribution in [1.82, 2.24) is 0 Å². The van der Waals surface area contributed by atoms with E-state index in [0.717, 1.165) is 18.4 Å². The van der Waals surface area contributed by atoms with Crippen LogP contribution >= 0.6 is 0 Å². The Hall–Kier alpha value is -0.830. The van der Waals surface area contributed by atoms with Gasteiger partial charge in [-0.1, -0.05) is 12.2 Å². The van der Waals surface area contributed by atoms with Gasteiger partial charge in [0.15, 0.2) is 5.60 Å². The number of fused-ring (bicyclic) bond motifs is 1. The van der Waals surface area contributed by atoms with E-state index in [4.69, 9.17) is 9.84 Å². The molecule has 2 rings (SSSR count). The average Bonchev–Trinajstić information content (AvgIpc) is 2.77. The molecule has 0 radical (unpaired) electrons. The van der Waals surface area contributed by atoms with Crippen molar-refractivity contribution in [3.8, 4) is 0 Å². The molecule has 1 saturated heterocycles. The fourth-order valence-electron chi connectivity index (χ4n) is 2.19. The van der Waals surface area contributed by atoms with Gasteiger partial charge in [0, 0.05) is 0 Å². The zero-order valence-electron chi connectivity index (χ0n) is 7.75. The predicted octanol–water partition coefficient (Wildman–Crippen LogP) is 1.58. The van der Waals surface area contributed by atoms with Gasteiger partial charge in [-0.2, -0.15) is 0 Å². The molecule has 0 bridgehead atoms. The van der Waals surface area contributed by atoms with Crippen LogP contribution in [0.5, 0.6) is 0 Å². The van der Waals surface area contributed by atoms with Crippen molar-refractivity contribution in [2.24, 2.45) is 5.92 Å². The maximum absolute atomic E-state index is 10.8. The van der Waals surface area contributed by atoms with Crippen LogP contribution in [0.1, 0.15) is 26.2 Å². The van der Waals surface area contributed by atoms with Gasteiger partial charge in [-0.15, -0.1) is 0 Å². The fraction of sp³-hybridized carbons (Fsp3) is 0.700. The zero-order valence-corrected chi connectivity index (χ0v) is 7.75. The summed E-state index contributed by atoms with van der Waals surface area (Å²) in [5.41, 5.74) is 0.334. The molecule has 0 amide bonds. The van der Waals surface area contributed by atoms with Crippen LogP contribution in [0.25, 0.3) is 0 Å². The van der Waals surface area contributed by atoms with E-state index in [1.165, 1.54) is 0 Å². The van der Waals surface area contributed by atoms with Gasteiger partial charge < -0.3 is 9.84 Å². The standard InChI is InChI=1S/C10H14O3/c1-6(2)7-3-4-10(9(11)12)8(5-7)13-10/h7-8H,1,3-5H2,2H3,(H,11,12)/t7-,8?,10+/m0/s1. The Morgan fingerprint density at radius 1 is 1.69 bits per heavy atom. The van der Waals surface area contributed by atoms with Crippen LogP contribution in [0.2, 0.25) is 0 Å². The Balaban J connectivity index is 2.03. The second-order valence-corrected chi connectivity index (χ2v) is 4.12. The number of carbonyl (C=O) groups is 1. The number of allylic oxidation sites excluding steroid dienone is 1. The van der Waals surface area contributed by atoms with Gasteiger partial charge in [0.25, 0.3) is 0 Å². The zero-order chi connectivity index (χ0) is 9.64. The number of hydrogen-bond donors (Lipinski definition) is 1. The van der Waals surface area contributed by atoms with Gasteiger partial charge >= 0.3 is 5.97 Å². The van der Waals surface area contributed by atoms with Gasteiger partial charge in [-0.25, -0.2) is 4.79 Å². The summed E-state index contributed by atoms with van der Waals surface area (Å²) in [6.45, 7) is 5.90. The number of epoxide rings is 1. The highest BCUT2D eigenvalue weighted by Gasteiger charge is 2.64. The van der Waals surface area contributed by atoms with Gasteiger partial charge in [0.05, 0.1) is 6.10 Å². The minimum atomic E-state index is -0.814. The molecule has 13 heavy (non-hydrogen) atoms. The van der Waals surface area contributed by atoms with Gasteiger partial charge in [0.2, 0.25) is 0 Å². The molecule has 1 aliphatic carbocycles. The lowest BCUT2D eigenvalue weighted by Crippen LogP contribution is -2.32. The molecule has 72 valence electrons. The first-order valence-corrected chi connectivity index (χ1v) is 4.63. The van der Waals surface area contributed by atoms with Crippen molar-refractivity contribution in [3.05, 3.63) is 12.2 Å². The Kier molecular flexibility index (Phi) is 1.74. The van der Waals surface area contributed by atoms with Crippen molar-refractivity contribution >= 4 is 5.97 Å². The summed E-state index contributed by atoms with van der Waals surface area (Å²) in [6.07, 6.45) is 2.32. The summed E-state index contributed by atoms with van der Waals surface area (Å²) in [7, 11) is 0. The Morgan fingerprint density at radius 2 is 2.38 bits per heavy atom. The van der Waals surface area contributed by atoms with Crippen molar-refractivity contribution in [2.45, 2.75) is 37.9 Å². The third kappa shape index (κ3) is 1.18. The van der Waals surface area contributed by atoms with Gasteiger partial charge in [-0.3, -0.25) is 0 Å². The molecule has 1 N–H and O–H groups in total. The number of carboxylic acid groups (broad SMARTS) is 1. The van der Waals surface area contributed by atoms with E-state index >= 15 is 0 Å². The third-order valence-corrected chi connectivity index (χ3v) is 3.24. The topological polar surface area (TPSA) is 49.8 Å². The highest BCUT2D eigenvalue weighted by atomic mass is 16.6. The Morgan fingerprint density at radius 3 is 2.85 bits per heavy atom. The molecule has 0 spiro atoms. The average molecular weight is 182 g/mol. The first-order valence-electron chi connectivity index (χ1n) is 4.63. The summed E-state index contributed by atoms with van der Waals surface area (Å²) in [6, 6.07) is 0.